The first kappa shape index (κ1) is 12.2. The molecule has 0 aromatic heterocycles. The fourth-order valence-electron chi connectivity index (χ4n) is 1.35. The highest BCUT2D eigenvalue weighted by Crippen LogP contribution is 2.26. The predicted octanol–water partition coefficient (Wildman–Crippen LogP) is 1.64. The van der Waals surface area contributed by atoms with E-state index in [1.807, 2.05) is 37.3 Å². The van der Waals surface area contributed by atoms with Crippen LogP contribution in [0.25, 0.3) is 0 Å². The van der Waals surface area contributed by atoms with Crippen molar-refractivity contribution in [1.82, 2.24) is 0 Å². The van der Waals surface area contributed by atoms with Gasteiger partial charge < -0.3 is 14.9 Å². The molecule has 0 spiro atoms. The molecule has 0 heterocycles. The summed E-state index contributed by atoms with van der Waals surface area (Å²) in [5.74, 6) is -1.29. The highest BCUT2D eigenvalue weighted by molar-refractivity contribution is 5.19. The van der Waals surface area contributed by atoms with Gasteiger partial charge in [-0.3, -0.25) is 0 Å². The molecule has 1 aromatic carbocycles. The lowest BCUT2D eigenvalue weighted by atomic mass is 10.0. The minimum Gasteiger partial charge on any atom is -0.391 e. The monoisotopic (exact) mass is 210 g/mol. The Morgan fingerprint density at radius 1 is 1.33 bits per heavy atom. The number of ether oxygens (including phenoxy) is 1. The molecule has 0 aliphatic carbocycles. The number of benzene rings is 1. The summed E-state index contributed by atoms with van der Waals surface area (Å²) >= 11 is 0. The lowest BCUT2D eigenvalue weighted by Crippen LogP contribution is -2.31. The number of rotatable bonds is 5. The lowest BCUT2D eigenvalue weighted by molar-refractivity contribution is -0.224. The molecule has 0 saturated heterocycles. The molecule has 2 N–H and O–H groups in total. The van der Waals surface area contributed by atoms with Crippen molar-refractivity contribution in [3.63, 3.8) is 0 Å². The van der Waals surface area contributed by atoms with Crippen LogP contribution in [0.1, 0.15) is 25.8 Å². The summed E-state index contributed by atoms with van der Waals surface area (Å²) in [5, 5.41) is 19.3. The van der Waals surface area contributed by atoms with Crippen LogP contribution < -0.4 is 0 Å². The largest absolute Gasteiger partial charge is 0.391 e. The van der Waals surface area contributed by atoms with E-state index in [1.54, 1.807) is 6.92 Å². The van der Waals surface area contributed by atoms with E-state index in [9.17, 15) is 5.11 Å². The average Bonchev–Trinajstić information content (AvgIpc) is 2.27. The SMILES string of the molecule is CCC(O)(OCC(C)O)c1ccccc1. The summed E-state index contributed by atoms with van der Waals surface area (Å²) in [5.41, 5.74) is 0.716. The van der Waals surface area contributed by atoms with Gasteiger partial charge in [-0.1, -0.05) is 37.3 Å². The molecule has 84 valence electrons. The van der Waals surface area contributed by atoms with Crippen LogP contribution in [-0.2, 0) is 10.5 Å². The molecule has 0 aliphatic rings. The maximum atomic E-state index is 10.2. The second-order valence-corrected chi connectivity index (χ2v) is 3.66. The summed E-state index contributed by atoms with van der Waals surface area (Å²) in [6, 6.07) is 9.20. The number of aliphatic hydroxyl groups is 2. The summed E-state index contributed by atoms with van der Waals surface area (Å²) < 4.78 is 5.33. The molecule has 1 aromatic rings. The molecule has 3 nitrogen and oxygen atoms in total. The lowest BCUT2D eigenvalue weighted by Gasteiger charge is -2.28. The second-order valence-electron chi connectivity index (χ2n) is 3.66. The van der Waals surface area contributed by atoms with Crippen LogP contribution in [0.2, 0.25) is 0 Å². The first-order valence-electron chi connectivity index (χ1n) is 5.18. The van der Waals surface area contributed by atoms with E-state index in [1.165, 1.54) is 0 Å². The molecular weight excluding hydrogens is 192 g/mol. The van der Waals surface area contributed by atoms with Crippen LogP contribution in [-0.4, -0.2) is 22.9 Å². The molecule has 0 fully saturated rings. The van der Waals surface area contributed by atoms with E-state index in [0.717, 1.165) is 0 Å². The molecule has 2 atom stereocenters. The Bertz CT molecular complexity index is 284. The van der Waals surface area contributed by atoms with Gasteiger partial charge in [0.05, 0.1) is 12.7 Å². The van der Waals surface area contributed by atoms with Gasteiger partial charge in [0.15, 0.2) is 5.79 Å². The molecule has 2 unspecified atom stereocenters. The third-order valence-electron chi connectivity index (χ3n) is 2.27. The first-order valence-corrected chi connectivity index (χ1v) is 5.18. The topological polar surface area (TPSA) is 49.7 Å². The number of aliphatic hydroxyl groups excluding tert-OH is 1. The normalized spacial score (nSPS) is 17.1. The Balaban J connectivity index is 2.76. The van der Waals surface area contributed by atoms with Crippen molar-refractivity contribution in [3.05, 3.63) is 35.9 Å². The molecule has 0 radical (unpaired) electrons. The van der Waals surface area contributed by atoms with E-state index in [4.69, 9.17) is 9.84 Å². The van der Waals surface area contributed by atoms with E-state index in [0.29, 0.717) is 12.0 Å². The zero-order chi connectivity index (χ0) is 11.3. The van der Waals surface area contributed by atoms with Gasteiger partial charge in [0.25, 0.3) is 0 Å². The minimum absolute atomic E-state index is 0.124. The Hall–Kier alpha value is -0.900. The summed E-state index contributed by atoms with van der Waals surface area (Å²) in [7, 11) is 0. The van der Waals surface area contributed by atoms with Gasteiger partial charge in [-0.2, -0.15) is 0 Å². The van der Waals surface area contributed by atoms with Crippen molar-refractivity contribution in [1.29, 1.82) is 0 Å². The molecule has 0 bridgehead atoms. The molecular formula is C12H18O3. The van der Waals surface area contributed by atoms with Gasteiger partial charge in [-0.25, -0.2) is 0 Å². The van der Waals surface area contributed by atoms with Gasteiger partial charge in [0, 0.05) is 12.0 Å². The highest BCUT2D eigenvalue weighted by Gasteiger charge is 2.28. The minimum atomic E-state index is -1.29. The van der Waals surface area contributed by atoms with E-state index in [2.05, 4.69) is 0 Å². The third kappa shape index (κ3) is 3.30. The van der Waals surface area contributed by atoms with E-state index >= 15 is 0 Å². The Morgan fingerprint density at radius 2 is 1.93 bits per heavy atom. The van der Waals surface area contributed by atoms with Crippen LogP contribution in [0, 0.1) is 0 Å². The predicted molar refractivity (Wildman–Crippen MR) is 58.3 cm³/mol. The zero-order valence-electron chi connectivity index (χ0n) is 9.18. The van der Waals surface area contributed by atoms with Crippen molar-refractivity contribution >= 4 is 0 Å². The fourth-order valence-corrected chi connectivity index (χ4v) is 1.35. The van der Waals surface area contributed by atoms with Gasteiger partial charge in [0.1, 0.15) is 0 Å². The van der Waals surface area contributed by atoms with Crippen LogP contribution >= 0.6 is 0 Å². The van der Waals surface area contributed by atoms with Gasteiger partial charge in [-0.05, 0) is 6.92 Å². The molecule has 0 amide bonds. The Kier molecular flexibility index (Phi) is 4.27. The number of hydrogen-bond donors (Lipinski definition) is 2. The highest BCUT2D eigenvalue weighted by atomic mass is 16.6. The van der Waals surface area contributed by atoms with E-state index < -0.39 is 11.9 Å². The summed E-state index contributed by atoms with van der Waals surface area (Å²) in [6.45, 7) is 3.59. The maximum absolute atomic E-state index is 10.2. The molecule has 1 rings (SSSR count). The molecule has 3 heteroatoms. The van der Waals surface area contributed by atoms with Crippen molar-refractivity contribution in [2.24, 2.45) is 0 Å². The number of hydrogen-bond acceptors (Lipinski definition) is 3. The third-order valence-corrected chi connectivity index (χ3v) is 2.27. The van der Waals surface area contributed by atoms with Crippen molar-refractivity contribution in [2.75, 3.05) is 6.61 Å². The second kappa shape index (κ2) is 5.26. The average molecular weight is 210 g/mol. The van der Waals surface area contributed by atoms with Crippen LogP contribution in [0.5, 0.6) is 0 Å². The van der Waals surface area contributed by atoms with Crippen molar-refractivity contribution in [3.8, 4) is 0 Å². The van der Waals surface area contributed by atoms with Crippen LogP contribution in [0.3, 0.4) is 0 Å². The molecule has 0 saturated carbocycles. The van der Waals surface area contributed by atoms with Gasteiger partial charge in [0.2, 0.25) is 0 Å². The fraction of sp³-hybridized carbons (Fsp3) is 0.500. The zero-order valence-corrected chi connectivity index (χ0v) is 9.18. The summed E-state index contributed by atoms with van der Waals surface area (Å²) in [6.07, 6.45) is -0.129. The summed E-state index contributed by atoms with van der Waals surface area (Å²) in [4.78, 5) is 0. The molecule has 15 heavy (non-hydrogen) atoms. The maximum Gasteiger partial charge on any atom is 0.192 e. The van der Waals surface area contributed by atoms with Gasteiger partial charge in [-0.15, -0.1) is 0 Å². The van der Waals surface area contributed by atoms with Crippen LogP contribution in [0.4, 0.5) is 0 Å². The van der Waals surface area contributed by atoms with Crippen molar-refractivity contribution < 1.29 is 14.9 Å². The smallest absolute Gasteiger partial charge is 0.192 e. The Labute approximate surface area is 90.3 Å². The van der Waals surface area contributed by atoms with Crippen molar-refractivity contribution in [2.45, 2.75) is 32.2 Å². The quantitative estimate of drug-likeness (QED) is 0.726. The Morgan fingerprint density at radius 3 is 2.40 bits per heavy atom. The van der Waals surface area contributed by atoms with Gasteiger partial charge >= 0.3 is 0 Å². The van der Waals surface area contributed by atoms with E-state index in [-0.39, 0.29) is 6.61 Å². The molecule has 0 aliphatic heterocycles. The standard InChI is InChI=1S/C12H18O3/c1-3-12(14,15-9-10(2)13)11-7-5-4-6-8-11/h4-8,10,13-14H,3,9H2,1-2H3. The first-order chi connectivity index (χ1) is 7.08. The van der Waals surface area contributed by atoms with Crippen LogP contribution in [0.15, 0.2) is 30.3 Å².